The van der Waals surface area contributed by atoms with E-state index in [4.69, 9.17) is 5.73 Å². The van der Waals surface area contributed by atoms with Gasteiger partial charge in [0.2, 0.25) is 6.41 Å². The maximum absolute atomic E-state index is 10.4. The van der Waals surface area contributed by atoms with Crippen LogP contribution in [-0.2, 0) is 4.79 Å². The minimum absolute atomic E-state index is 0.212. The fourth-order valence-electron chi connectivity index (χ4n) is 1.56. The number of rotatable bonds is 6. The Balaban J connectivity index is 3.19. The minimum atomic E-state index is 0.212. The second kappa shape index (κ2) is 6.52. The number of hydrogen-bond donors (Lipinski definition) is 3. The maximum atomic E-state index is 10.4. The molecular formula is C12H18N4O. The Morgan fingerprint density at radius 1 is 1.47 bits per heavy atom. The lowest BCUT2D eigenvalue weighted by Crippen LogP contribution is -2.18. The van der Waals surface area contributed by atoms with Gasteiger partial charge in [-0.05, 0) is 18.6 Å². The molecule has 1 aromatic carbocycles. The third-order valence-corrected chi connectivity index (χ3v) is 2.35. The zero-order valence-electron chi connectivity index (χ0n) is 10.2. The van der Waals surface area contributed by atoms with Crippen LogP contribution in [0.1, 0.15) is 18.9 Å². The van der Waals surface area contributed by atoms with Crippen molar-refractivity contribution in [3.8, 4) is 0 Å². The molecule has 0 spiro atoms. The summed E-state index contributed by atoms with van der Waals surface area (Å²) in [5.41, 5.74) is 8.24. The van der Waals surface area contributed by atoms with E-state index in [-0.39, 0.29) is 5.84 Å². The lowest BCUT2D eigenvalue weighted by atomic mass is 10.1. The van der Waals surface area contributed by atoms with Gasteiger partial charge in [0.25, 0.3) is 0 Å². The van der Waals surface area contributed by atoms with Crippen molar-refractivity contribution in [2.24, 2.45) is 10.7 Å². The van der Waals surface area contributed by atoms with Gasteiger partial charge < -0.3 is 16.4 Å². The Labute approximate surface area is 101 Å². The lowest BCUT2D eigenvalue weighted by molar-refractivity contribution is -0.106. The van der Waals surface area contributed by atoms with Gasteiger partial charge in [0.1, 0.15) is 5.84 Å². The molecule has 17 heavy (non-hydrogen) atoms. The molecular weight excluding hydrogens is 216 g/mol. The largest absolute Gasteiger partial charge is 0.387 e. The molecule has 0 unspecified atom stereocenters. The van der Waals surface area contributed by atoms with Gasteiger partial charge in [-0.1, -0.05) is 13.0 Å². The van der Waals surface area contributed by atoms with E-state index in [0.29, 0.717) is 6.41 Å². The van der Waals surface area contributed by atoms with Crippen LogP contribution in [0.15, 0.2) is 23.2 Å². The van der Waals surface area contributed by atoms with Crippen LogP contribution in [0.5, 0.6) is 0 Å². The number of amidine groups is 1. The molecule has 92 valence electrons. The molecule has 1 amide bonds. The monoisotopic (exact) mass is 234 g/mol. The Kier molecular flexibility index (Phi) is 5.00. The van der Waals surface area contributed by atoms with Crippen LogP contribution in [0, 0.1) is 0 Å². The molecule has 0 atom stereocenters. The molecule has 1 rings (SSSR count). The van der Waals surface area contributed by atoms with E-state index in [1.165, 1.54) is 0 Å². The Bertz CT molecular complexity index is 415. The van der Waals surface area contributed by atoms with Crippen LogP contribution in [0.4, 0.5) is 11.4 Å². The van der Waals surface area contributed by atoms with Crippen molar-refractivity contribution in [2.75, 3.05) is 24.2 Å². The zero-order valence-corrected chi connectivity index (χ0v) is 10.2. The minimum Gasteiger partial charge on any atom is -0.387 e. The highest BCUT2D eigenvalue weighted by Gasteiger charge is 2.10. The highest BCUT2D eigenvalue weighted by atomic mass is 16.1. The first-order chi connectivity index (χ1) is 8.24. The normalized spacial score (nSPS) is 11.1. The van der Waals surface area contributed by atoms with E-state index in [1.54, 1.807) is 7.05 Å². The molecule has 0 heterocycles. The fourth-order valence-corrected chi connectivity index (χ4v) is 1.56. The highest BCUT2D eigenvalue weighted by Crippen LogP contribution is 2.23. The van der Waals surface area contributed by atoms with Crippen LogP contribution in [0.25, 0.3) is 0 Å². The van der Waals surface area contributed by atoms with Gasteiger partial charge in [0, 0.05) is 25.0 Å². The number of benzene rings is 1. The standard InChI is InChI=1S/C12H18N4O/c1-3-7-15-10-6-4-5-9(14-2)11(10)12(13)16-8-17/h4-6,8,14-15H,3,7H2,1-2H3,(H2,13,16,17). The number of amides is 1. The molecule has 5 nitrogen and oxygen atoms in total. The van der Waals surface area contributed by atoms with E-state index < -0.39 is 0 Å². The van der Waals surface area contributed by atoms with E-state index in [2.05, 4.69) is 22.5 Å². The summed E-state index contributed by atoms with van der Waals surface area (Å²) < 4.78 is 0. The maximum Gasteiger partial charge on any atom is 0.234 e. The molecule has 0 aliphatic rings. The molecule has 1 aromatic rings. The second-order valence-corrected chi connectivity index (χ2v) is 3.52. The summed E-state index contributed by atoms with van der Waals surface area (Å²) >= 11 is 0. The Hall–Kier alpha value is -2.04. The predicted octanol–water partition coefficient (Wildman–Crippen LogP) is 1.41. The number of carbonyl (C=O) groups excluding carboxylic acids is 1. The molecule has 0 aromatic heterocycles. The molecule has 0 bridgehead atoms. The van der Waals surface area contributed by atoms with Gasteiger partial charge >= 0.3 is 0 Å². The molecule has 0 fully saturated rings. The smallest absolute Gasteiger partial charge is 0.234 e. The van der Waals surface area contributed by atoms with Crippen molar-refractivity contribution in [1.29, 1.82) is 0 Å². The fraction of sp³-hybridized carbons (Fsp3) is 0.333. The van der Waals surface area contributed by atoms with Crippen LogP contribution in [0.2, 0.25) is 0 Å². The first-order valence-electron chi connectivity index (χ1n) is 5.56. The van der Waals surface area contributed by atoms with Crippen molar-refractivity contribution >= 4 is 23.6 Å². The van der Waals surface area contributed by atoms with Crippen molar-refractivity contribution in [3.63, 3.8) is 0 Å². The zero-order chi connectivity index (χ0) is 12.7. The molecule has 0 radical (unpaired) electrons. The number of hydrogen-bond acceptors (Lipinski definition) is 3. The first-order valence-corrected chi connectivity index (χ1v) is 5.56. The number of aliphatic imine (C=N–C) groups is 1. The summed E-state index contributed by atoms with van der Waals surface area (Å²) in [6.45, 7) is 2.92. The van der Waals surface area contributed by atoms with Gasteiger partial charge in [-0.25, -0.2) is 0 Å². The Morgan fingerprint density at radius 3 is 2.76 bits per heavy atom. The van der Waals surface area contributed by atoms with Gasteiger partial charge in [0.05, 0.1) is 5.56 Å². The van der Waals surface area contributed by atoms with E-state index >= 15 is 0 Å². The third kappa shape index (κ3) is 3.21. The average molecular weight is 234 g/mol. The third-order valence-electron chi connectivity index (χ3n) is 2.35. The van der Waals surface area contributed by atoms with Crippen LogP contribution >= 0.6 is 0 Å². The van der Waals surface area contributed by atoms with Crippen LogP contribution in [0.3, 0.4) is 0 Å². The topological polar surface area (TPSA) is 79.5 Å². The number of nitrogens with one attached hydrogen (secondary N) is 2. The molecule has 5 heteroatoms. The van der Waals surface area contributed by atoms with Gasteiger partial charge in [-0.2, -0.15) is 4.99 Å². The summed E-state index contributed by atoms with van der Waals surface area (Å²) in [7, 11) is 1.80. The summed E-state index contributed by atoms with van der Waals surface area (Å²) in [4.78, 5) is 14.0. The number of nitrogens with zero attached hydrogens (tertiary/aromatic N) is 1. The van der Waals surface area contributed by atoms with Gasteiger partial charge in [0.15, 0.2) is 0 Å². The molecule has 4 N–H and O–H groups in total. The van der Waals surface area contributed by atoms with E-state index in [9.17, 15) is 4.79 Å². The average Bonchev–Trinajstić information content (AvgIpc) is 2.35. The molecule has 0 saturated heterocycles. The Morgan fingerprint density at radius 2 is 2.18 bits per heavy atom. The van der Waals surface area contributed by atoms with Gasteiger partial charge in [-0.3, -0.25) is 4.79 Å². The summed E-state index contributed by atoms with van der Waals surface area (Å²) in [5, 5.41) is 6.30. The number of anilines is 2. The predicted molar refractivity (Wildman–Crippen MR) is 71.6 cm³/mol. The van der Waals surface area contributed by atoms with Gasteiger partial charge in [-0.15, -0.1) is 0 Å². The lowest BCUT2D eigenvalue weighted by Gasteiger charge is -2.14. The summed E-state index contributed by atoms with van der Waals surface area (Å²) in [6.07, 6.45) is 1.46. The SMILES string of the molecule is CCCNc1cccc(NC)c1/C(N)=N\C=O. The number of nitrogens with two attached hydrogens (primary N) is 1. The van der Waals surface area contributed by atoms with Crippen molar-refractivity contribution in [2.45, 2.75) is 13.3 Å². The summed E-state index contributed by atoms with van der Waals surface area (Å²) in [6, 6.07) is 5.72. The molecule has 0 aliphatic carbocycles. The van der Waals surface area contributed by atoms with Crippen molar-refractivity contribution < 1.29 is 4.79 Å². The highest BCUT2D eigenvalue weighted by molar-refractivity contribution is 6.09. The van der Waals surface area contributed by atoms with Crippen molar-refractivity contribution in [3.05, 3.63) is 23.8 Å². The quantitative estimate of drug-likeness (QED) is 0.395. The van der Waals surface area contributed by atoms with Crippen molar-refractivity contribution in [1.82, 2.24) is 0 Å². The second-order valence-electron chi connectivity index (χ2n) is 3.52. The van der Waals surface area contributed by atoms with Crippen LogP contribution in [-0.4, -0.2) is 25.8 Å². The molecule has 0 saturated carbocycles. The molecule has 0 aliphatic heterocycles. The first kappa shape index (κ1) is 13.0. The van der Waals surface area contributed by atoms with E-state index in [1.807, 2.05) is 18.2 Å². The summed E-state index contributed by atoms with van der Waals surface area (Å²) in [5.74, 6) is 0.212. The van der Waals surface area contributed by atoms with E-state index in [0.717, 1.165) is 29.9 Å². The number of carbonyl (C=O) groups is 1. The van der Waals surface area contributed by atoms with Crippen LogP contribution < -0.4 is 16.4 Å².